The molecular formula is C22H21FN2O5. The van der Waals surface area contributed by atoms with Crippen LogP contribution < -0.4 is 10.1 Å². The second-order valence-electron chi connectivity index (χ2n) is 6.63. The summed E-state index contributed by atoms with van der Waals surface area (Å²) >= 11 is 0. The Labute approximate surface area is 172 Å². The van der Waals surface area contributed by atoms with Gasteiger partial charge in [-0.15, -0.1) is 0 Å². The fourth-order valence-electron chi connectivity index (χ4n) is 2.66. The van der Waals surface area contributed by atoms with Crippen molar-refractivity contribution in [1.82, 2.24) is 5.16 Å². The van der Waals surface area contributed by atoms with Crippen LogP contribution in [0.1, 0.15) is 22.6 Å². The van der Waals surface area contributed by atoms with E-state index in [0.29, 0.717) is 18.0 Å². The highest BCUT2D eigenvalue weighted by molar-refractivity contribution is 5.92. The van der Waals surface area contributed by atoms with Crippen molar-refractivity contribution in [2.24, 2.45) is 0 Å². The first-order chi connectivity index (χ1) is 14.4. The first kappa shape index (κ1) is 21.0. The lowest BCUT2D eigenvalue weighted by Crippen LogP contribution is -2.21. The Balaban J connectivity index is 1.42. The van der Waals surface area contributed by atoms with E-state index in [2.05, 4.69) is 10.5 Å². The van der Waals surface area contributed by atoms with Crippen molar-refractivity contribution in [2.75, 3.05) is 11.9 Å². The average Bonchev–Trinajstić information content (AvgIpc) is 3.05. The largest absolute Gasteiger partial charge is 0.489 e. The second-order valence-corrected chi connectivity index (χ2v) is 6.63. The molecule has 0 fully saturated rings. The number of benzene rings is 2. The highest BCUT2D eigenvalue weighted by Crippen LogP contribution is 2.18. The fourth-order valence-corrected chi connectivity index (χ4v) is 2.66. The monoisotopic (exact) mass is 412 g/mol. The molecule has 7 nitrogen and oxygen atoms in total. The molecule has 0 atom stereocenters. The molecule has 156 valence electrons. The smallest absolute Gasteiger partial charge is 0.310 e. The van der Waals surface area contributed by atoms with E-state index in [1.165, 1.54) is 24.3 Å². The van der Waals surface area contributed by atoms with Crippen LogP contribution in [0.5, 0.6) is 5.75 Å². The van der Waals surface area contributed by atoms with Crippen molar-refractivity contribution < 1.29 is 28.0 Å². The van der Waals surface area contributed by atoms with E-state index in [4.69, 9.17) is 14.0 Å². The van der Waals surface area contributed by atoms with Crippen LogP contribution in [0.15, 0.2) is 53.1 Å². The predicted molar refractivity (Wildman–Crippen MR) is 106 cm³/mol. The Hall–Kier alpha value is -3.68. The zero-order chi connectivity index (χ0) is 21.5. The number of ether oxygens (including phenoxy) is 2. The number of esters is 1. The molecule has 0 unspecified atom stereocenters. The topological polar surface area (TPSA) is 90.7 Å². The molecule has 3 rings (SSSR count). The molecular weight excluding hydrogens is 391 g/mol. The Kier molecular flexibility index (Phi) is 6.79. The summed E-state index contributed by atoms with van der Waals surface area (Å²) in [6.07, 6.45) is 0.0218. The minimum absolute atomic E-state index is 0.0218. The molecule has 0 spiro atoms. The Morgan fingerprint density at radius 2 is 1.77 bits per heavy atom. The van der Waals surface area contributed by atoms with Gasteiger partial charge in [-0.05, 0) is 55.8 Å². The van der Waals surface area contributed by atoms with Gasteiger partial charge < -0.3 is 19.3 Å². The van der Waals surface area contributed by atoms with Gasteiger partial charge in [-0.2, -0.15) is 0 Å². The highest BCUT2D eigenvalue weighted by Gasteiger charge is 2.11. The lowest BCUT2D eigenvalue weighted by molar-refractivity contribution is -0.146. The van der Waals surface area contributed by atoms with E-state index in [1.807, 2.05) is 13.8 Å². The van der Waals surface area contributed by atoms with Crippen LogP contribution in [-0.4, -0.2) is 23.6 Å². The molecule has 0 aliphatic heterocycles. The van der Waals surface area contributed by atoms with Crippen LogP contribution in [0.2, 0.25) is 0 Å². The number of aromatic nitrogens is 1. The van der Waals surface area contributed by atoms with Crippen LogP contribution in [0.3, 0.4) is 0 Å². The number of anilines is 1. The summed E-state index contributed by atoms with van der Waals surface area (Å²) in [5.41, 5.74) is 2.84. The van der Waals surface area contributed by atoms with Crippen molar-refractivity contribution in [1.29, 1.82) is 0 Å². The Morgan fingerprint density at radius 1 is 1.07 bits per heavy atom. The minimum Gasteiger partial charge on any atom is -0.489 e. The van der Waals surface area contributed by atoms with Gasteiger partial charge in [-0.25, -0.2) is 4.39 Å². The molecule has 0 saturated carbocycles. The van der Waals surface area contributed by atoms with Gasteiger partial charge in [0.1, 0.15) is 23.9 Å². The van der Waals surface area contributed by atoms with Crippen molar-refractivity contribution in [3.05, 3.63) is 76.9 Å². The number of carbonyl (C=O) groups excluding carboxylic acids is 2. The molecule has 0 radical (unpaired) electrons. The third-order valence-corrected chi connectivity index (χ3v) is 4.33. The lowest BCUT2D eigenvalue weighted by atomic mass is 10.1. The number of halogens is 1. The fraction of sp³-hybridized carbons (Fsp3) is 0.227. The standard InChI is InChI=1S/C22H21FN2O5/c1-14-20(15(2)30-25-14)12-28-19-9-3-16(4-10-19)11-22(27)29-13-21(26)24-18-7-5-17(23)6-8-18/h3-10H,11-13H2,1-2H3,(H,24,26). The van der Waals surface area contributed by atoms with E-state index in [-0.39, 0.29) is 6.42 Å². The van der Waals surface area contributed by atoms with E-state index in [9.17, 15) is 14.0 Å². The van der Waals surface area contributed by atoms with E-state index >= 15 is 0 Å². The molecule has 1 aromatic heterocycles. The molecule has 1 N–H and O–H groups in total. The maximum absolute atomic E-state index is 12.9. The molecule has 0 saturated heterocycles. The zero-order valence-corrected chi connectivity index (χ0v) is 16.6. The van der Waals surface area contributed by atoms with Gasteiger partial charge in [-0.3, -0.25) is 9.59 Å². The van der Waals surface area contributed by atoms with Crippen molar-refractivity contribution in [3.63, 3.8) is 0 Å². The molecule has 1 amide bonds. The maximum atomic E-state index is 12.9. The summed E-state index contributed by atoms with van der Waals surface area (Å²) in [6, 6.07) is 12.3. The van der Waals surface area contributed by atoms with Crippen molar-refractivity contribution in [3.8, 4) is 5.75 Å². The SMILES string of the molecule is Cc1noc(C)c1COc1ccc(CC(=O)OCC(=O)Nc2ccc(F)cc2)cc1. The molecule has 1 heterocycles. The normalized spacial score (nSPS) is 10.5. The molecule has 30 heavy (non-hydrogen) atoms. The third-order valence-electron chi connectivity index (χ3n) is 4.33. The van der Waals surface area contributed by atoms with Crippen LogP contribution in [0, 0.1) is 19.7 Å². The van der Waals surface area contributed by atoms with Crippen LogP contribution in [-0.2, 0) is 27.4 Å². The Morgan fingerprint density at radius 3 is 2.40 bits per heavy atom. The molecule has 8 heteroatoms. The summed E-state index contributed by atoms with van der Waals surface area (Å²) in [7, 11) is 0. The molecule has 3 aromatic rings. The number of hydrogen-bond acceptors (Lipinski definition) is 6. The lowest BCUT2D eigenvalue weighted by Gasteiger charge is -2.08. The first-order valence-corrected chi connectivity index (χ1v) is 9.25. The first-order valence-electron chi connectivity index (χ1n) is 9.25. The van der Waals surface area contributed by atoms with Gasteiger partial charge in [0.05, 0.1) is 17.7 Å². The van der Waals surface area contributed by atoms with Crippen molar-refractivity contribution in [2.45, 2.75) is 26.9 Å². The molecule has 2 aromatic carbocycles. The molecule has 0 aliphatic rings. The van der Waals surface area contributed by atoms with Gasteiger partial charge >= 0.3 is 5.97 Å². The molecule has 0 aliphatic carbocycles. The average molecular weight is 412 g/mol. The third kappa shape index (κ3) is 5.91. The van der Waals surface area contributed by atoms with E-state index < -0.39 is 24.3 Å². The van der Waals surface area contributed by atoms with Gasteiger partial charge in [-0.1, -0.05) is 17.3 Å². The zero-order valence-electron chi connectivity index (χ0n) is 16.6. The number of aryl methyl sites for hydroxylation is 2. The van der Waals surface area contributed by atoms with Crippen molar-refractivity contribution >= 4 is 17.6 Å². The van der Waals surface area contributed by atoms with Crippen LogP contribution in [0.4, 0.5) is 10.1 Å². The van der Waals surface area contributed by atoms with Crippen LogP contribution >= 0.6 is 0 Å². The number of rotatable bonds is 8. The van der Waals surface area contributed by atoms with E-state index in [1.54, 1.807) is 24.3 Å². The minimum atomic E-state index is -0.534. The summed E-state index contributed by atoms with van der Waals surface area (Å²) in [4.78, 5) is 23.8. The summed E-state index contributed by atoms with van der Waals surface area (Å²) in [5, 5.41) is 6.40. The van der Waals surface area contributed by atoms with Crippen LogP contribution in [0.25, 0.3) is 0 Å². The van der Waals surface area contributed by atoms with Gasteiger partial charge in [0.25, 0.3) is 5.91 Å². The number of nitrogens with one attached hydrogen (secondary N) is 1. The van der Waals surface area contributed by atoms with E-state index in [0.717, 1.165) is 22.6 Å². The summed E-state index contributed by atoms with van der Waals surface area (Å²) < 4.78 is 28.7. The maximum Gasteiger partial charge on any atom is 0.310 e. The number of amides is 1. The predicted octanol–water partition coefficient (Wildman–Crippen LogP) is 3.73. The highest BCUT2D eigenvalue weighted by atomic mass is 19.1. The van der Waals surface area contributed by atoms with Gasteiger partial charge in [0, 0.05) is 5.69 Å². The molecule has 0 bridgehead atoms. The van der Waals surface area contributed by atoms with Gasteiger partial charge in [0.2, 0.25) is 0 Å². The second kappa shape index (κ2) is 9.69. The number of hydrogen-bond donors (Lipinski definition) is 1. The summed E-state index contributed by atoms with van der Waals surface area (Å²) in [5.74, 6) is -0.0765. The summed E-state index contributed by atoms with van der Waals surface area (Å²) in [6.45, 7) is 3.59. The quantitative estimate of drug-likeness (QED) is 0.567. The number of nitrogens with zero attached hydrogens (tertiary/aromatic N) is 1. The van der Waals surface area contributed by atoms with Gasteiger partial charge in [0.15, 0.2) is 6.61 Å². The number of carbonyl (C=O) groups is 2. The Bertz CT molecular complexity index is 994.